The van der Waals surface area contributed by atoms with E-state index in [0.29, 0.717) is 0 Å². The van der Waals surface area contributed by atoms with E-state index in [9.17, 15) is 5.11 Å². The van der Waals surface area contributed by atoms with E-state index >= 15 is 0 Å². The van der Waals surface area contributed by atoms with E-state index in [4.69, 9.17) is 0 Å². The van der Waals surface area contributed by atoms with Gasteiger partial charge in [0.25, 0.3) is 0 Å². The summed E-state index contributed by atoms with van der Waals surface area (Å²) in [5.74, 6) is 0.747. The first kappa shape index (κ1) is 12.9. The monoisotopic (exact) mass is 297 g/mol. The molecule has 94 valence electrons. The van der Waals surface area contributed by atoms with Gasteiger partial charge in [0.15, 0.2) is 0 Å². The Hall–Kier alpha value is -0.540. The highest BCUT2D eigenvalue weighted by atomic mass is 79.9. The van der Waals surface area contributed by atoms with Gasteiger partial charge in [0.2, 0.25) is 0 Å². The Morgan fingerprint density at radius 2 is 2.24 bits per heavy atom. The Morgan fingerprint density at radius 3 is 2.82 bits per heavy atom. The maximum absolute atomic E-state index is 9.70. The van der Waals surface area contributed by atoms with E-state index in [2.05, 4.69) is 34.2 Å². The van der Waals surface area contributed by atoms with Crippen LogP contribution in [0, 0.1) is 5.92 Å². The minimum Gasteiger partial charge on any atom is -0.394 e. The molecular formula is C14H20BrNO. The molecule has 0 amide bonds. The number of aliphatic hydroxyl groups excluding tert-OH is 1. The quantitative estimate of drug-likeness (QED) is 0.886. The lowest BCUT2D eigenvalue weighted by Crippen LogP contribution is -2.39. The lowest BCUT2D eigenvalue weighted by Gasteiger charge is -2.30. The van der Waals surface area contributed by atoms with Crippen LogP contribution in [0.5, 0.6) is 0 Å². The van der Waals surface area contributed by atoms with Crippen LogP contribution in [0.1, 0.15) is 32.6 Å². The van der Waals surface area contributed by atoms with Crippen molar-refractivity contribution in [1.82, 2.24) is 0 Å². The van der Waals surface area contributed by atoms with E-state index in [1.165, 1.54) is 12.8 Å². The molecule has 0 saturated heterocycles. The van der Waals surface area contributed by atoms with Crippen molar-refractivity contribution in [3.05, 3.63) is 28.7 Å². The number of halogens is 1. The fourth-order valence-electron chi connectivity index (χ4n) is 2.73. The number of rotatable bonds is 4. The number of nitrogens with one attached hydrogen (secondary N) is 1. The standard InChI is InChI=1S/C14H20BrNO/c1-2-11-7-8-14(9-11,10-17)16-13-6-4-3-5-12(13)15/h3-6,11,16-17H,2,7-10H2,1H3. The molecule has 17 heavy (non-hydrogen) atoms. The SMILES string of the molecule is CCC1CCC(CO)(Nc2ccccc2Br)C1. The predicted octanol–water partition coefficient (Wildman–Crippen LogP) is 3.80. The van der Waals surface area contributed by atoms with Gasteiger partial charge in [-0.3, -0.25) is 0 Å². The zero-order valence-electron chi connectivity index (χ0n) is 10.2. The van der Waals surface area contributed by atoms with Crippen molar-refractivity contribution in [3.63, 3.8) is 0 Å². The molecule has 2 N–H and O–H groups in total. The average molecular weight is 298 g/mol. The summed E-state index contributed by atoms with van der Waals surface area (Å²) in [6.45, 7) is 2.45. The Bertz CT molecular complexity index is 382. The summed E-state index contributed by atoms with van der Waals surface area (Å²) in [5, 5.41) is 13.2. The minimum absolute atomic E-state index is 0.120. The predicted molar refractivity (Wildman–Crippen MR) is 75.2 cm³/mol. The highest BCUT2D eigenvalue weighted by molar-refractivity contribution is 9.10. The van der Waals surface area contributed by atoms with Gasteiger partial charge < -0.3 is 10.4 Å². The molecule has 2 atom stereocenters. The minimum atomic E-state index is -0.120. The molecule has 3 heteroatoms. The lowest BCUT2D eigenvalue weighted by molar-refractivity contribution is 0.210. The highest BCUT2D eigenvalue weighted by Gasteiger charge is 2.38. The molecule has 0 heterocycles. The van der Waals surface area contributed by atoms with Crippen molar-refractivity contribution >= 4 is 21.6 Å². The van der Waals surface area contributed by atoms with Crippen LogP contribution < -0.4 is 5.32 Å². The van der Waals surface area contributed by atoms with Gasteiger partial charge in [-0.05, 0) is 53.2 Å². The van der Waals surface area contributed by atoms with Gasteiger partial charge in [0.05, 0.1) is 12.1 Å². The number of hydrogen-bond donors (Lipinski definition) is 2. The third-order valence-electron chi connectivity index (χ3n) is 3.86. The molecule has 0 radical (unpaired) electrons. The van der Waals surface area contributed by atoms with E-state index in [1.807, 2.05) is 18.2 Å². The van der Waals surface area contributed by atoms with Gasteiger partial charge in [-0.25, -0.2) is 0 Å². The largest absolute Gasteiger partial charge is 0.394 e. The van der Waals surface area contributed by atoms with Crippen molar-refractivity contribution < 1.29 is 5.11 Å². The molecule has 1 aromatic carbocycles. The Kier molecular flexibility index (Phi) is 4.10. The molecule has 1 aliphatic carbocycles. The first-order chi connectivity index (χ1) is 8.19. The third kappa shape index (κ3) is 2.83. The summed E-state index contributed by atoms with van der Waals surface area (Å²) in [7, 11) is 0. The molecule has 0 spiro atoms. The van der Waals surface area contributed by atoms with Crippen LogP contribution in [-0.4, -0.2) is 17.3 Å². The maximum atomic E-state index is 9.70. The van der Waals surface area contributed by atoms with Crippen LogP contribution in [0.2, 0.25) is 0 Å². The zero-order chi connectivity index (χ0) is 12.3. The van der Waals surface area contributed by atoms with Crippen LogP contribution in [-0.2, 0) is 0 Å². The zero-order valence-corrected chi connectivity index (χ0v) is 11.8. The van der Waals surface area contributed by atoms with Gasteiger partial charge in [-0.15, -0.1) is 0 Å². The molecule has 2 rings (SSSR count). The van der Waals surface area contributed by atoms with E-state index in [1.54, 1.807) is 0 Å². The van der Waals surface area contributed by atoms with Crippen LogP contribution in [0.3, 0.4) is 0 Å². The summed E-state index contributed by atoms with van der Waals surface area (Å²) in [4.78, 5) is 0. The normalized spacial score (nSPS) is 28.3. The van der Waals surface area contributed by atoms with Gasteiger partial charge in [-0.2, -0.15) is 0 Å². The van der Waals surface area contributed by atoms with Crippen LogP contribution >= 0.6 is 15.9 Å². The summed E-state index contributed by atoms with van der Waals surface area (Å²) < 4.78 is 1.06. The maximum Gasteiger partial charge on any atom is 0.0661 e. The van der Waals surface area contributed by atoms with Crippen molar-refractivity contribution in [2.24, 2.45) is 5.92 Å². The van der Waals surface area contributed by atoms with Crippen molar-refractivity contribution in [1.29, 1.82) is 0 Å². The number of para-hydroxylation sites is 1. The third-order valence-corrected chi connectivity index (χ3v) is 4.56. The first-order valence-corrected chi connectivity index (χ1v) is 7.12. The molecule has 1 aromatic rings. The molecule has 0 bridgehead atoms. The van der Waals surface area contributed by atoms with Gasteiger partial charge >= 0.3 is 0 Å². The fraction of sp³-hybridized carbons (Fsp3) is 0.571. The topological polar surface area (TPSA) is 32.3 Å². The summed E-state index contributed by atoms with van der Waals surface area (Å²) in [6.07, 6.45) is 4.55. The smallest absolute Gasteiger partial charge is 0.0661 e. The molecule has 1 saturated carbocycles. The molecule has 1 fully saturated rings. The van der Waals surface area contributed by atoms with Crippen molar-refractivity contribution in [3.8, 4) is 0 Å². The fourth-order valence-corrected chi connectivity index (χ4v) is 3.11. The summed E-state index contributed by atoms with van der Waals surface area (Å²) >= 11 is 3.54. The Morgan fingerprint density at radius 1 is 1.47 bits per heavy atom. The van der Waals surface area contributed by atoms with Crippen LogP contribution in [0.15, 0.2) is 28.7 Å². The summed E-state index contributed by atoms with van der Waals surface area (Å²) in [5.41, 5.74) is 0.961. The molecular weight excluding hydrogens is 278 g/mol. The second kappa shape index (κ2) is 5.40. The Labute approximate surface area is 112 Å². The molecule has 2 nitrogen and oxygen atoms in total. The number of hydrogen-bond acceptors (Lipinski definition) is 2. The highest BCUT2D eigenvalue weighted by Crippen LogP contribution is 2.39. The second-order valence-electron chi connectivity index (χ2n) is 5.06. The van der Waals surface area contributed by atoms with E-state index < -0.39 is 0 Å². The number of benzene rings is 1. The Balaban J connectivity index is 2.13. The number of anilines is 1. The van der Waals surface area contributed by atoms with Gasteiger partial charge in [0.1, 0.15) is 0 Å². The van der Waals surface area contributed by atoms with Gasteiger partial charge in [-0.1, -0.05) is 25.5 Å². The molecule has 1 aliphatic rings. The van der Waals surface area contributed by atoms with E-state index in [-0.39, 0.29) is 12.1 Å². The summed E-state index contributed by atoms with van der Waals surface area (Å²) in [6, 6.07) is 8.11. The molecule has 0 aliphatic heterocycles. The van der Waals surface area contributed by atoms with Crippen LogP contribution in [0.25, 0.3) is 0 Å². The van der Waals surface area contributed by atoms with Gasteiger partial charge in [0, 0.05) is 10.2 Å². The van der Waals surface area contributed by atoms with Crippen molar-refractivity contribution in [2.45, 2.75) is 38.1 Å². The molecule has 2 unspecified atom stereocenters. The van der Waals surface area contributed by atoms with Crippen molar-refractivity contribution in [2.75, 3.05) is 11.9 Å². The van der Waals surface area contributed by atoms with Crippen LogP contribution in [0.4, 0.5) is 5.69 Å². The van der Waals surface area contributed by atoms with E-state index in [0.717, 1.165) is 28.9 Å². The molecule has 0 aromatic heterocycles. The average Bonchev–Trinajstić information content (AvgIpc) is 2.76. The lowest BCUT2D eigenvalue weighted by atomic mass is 9.95. The first-order valence-electron chi connectivity index (χ1n) is 6.33. The second-order valence-corrected chi connectivity index (χ2v) is 5.91. The number of aliphatic hydroxyl groups is 1.